The van der Waals surface area contributed by atoms with Gasteiger partial charge in [-0.05, 0) is 44.0 Å². The average molecular weight is 294 g/mol. The Morgan fingerprint density at radius 3 is 2.64 bits per heavy atom. The number of carbonyl (C=O) groups is 1. The van der Waals surface area contributed by atoms with E-state index in [0.717, 1.165) is 22.1 Å². The topological polar surface area (TPSA) is 39.4 Å². The molecule has 0 radical (unpaired) electrons. The molecule has 1 aromatic heterocycles. The van der Waals surface area contributed by atoms with Gasteiger partial charge in [-0.1, -0.05) is 30.3 Å². The molecule has 22 heavy (non-hydrogen) atoms. The quantitative estimate of drug-likeness (QED) is 0.645. The van der Waals surface area contributed by atoms with Gasteiger partial charge in [0.15, 0.2) is 0 Å². The van der Waals surface area contributed by atoms with E-state index in [2.05, 4.69) is 0 Å². The molecule has 0 amide bonds. The number of hydrogen-bond acceptors (Lipinski definition) is 3. The highest BCUT2D eigenvalue weighted by molar-refractivity contribution is 6.09. The molecule has 0 bridgehead atoms. The summed E-state index contributed by atoms with van der Waals surface area (Å²) in [6, 6.07) is 13.7. The summed E-state index contributed by atoms with van der Waals surface area (Å²) in [4.78, 5) is 12.4. The van der Waals surface area contributed by atoms with Gasteiger partial charge in [0, 0.05) is 10.9 Å². The van der Waals surface area contributed by atoms with Gasteiger partial charge in [-0.15, -0.1) is 0 Å². The molecule has 0 aliphatic heterocycles. The van der Waals surface area contributed by atoms with E-state index in [9.17, 15) is 4.79 Å². The number of hydrogen-bond donors (Lipinski definition) is 0. The highest BCUT2D eigenvalue weighted by Gasteiger charge is 2.23. The molecule has 0 atom stereocenters. The van der Waals surface area contributed by atoms with E-state index in [1.165, 1.54) is 0 Å². The minimum atomic E-state index is -0.344. The zero-order valence-electron chi connectivity index (χ0n) is 13.0. The summed E-state index contributed by atoms with van der Waals surface area (Å²) in [6.07, 6.45) is 0. The number of esters is 1. The van der Waals surface area contributed by atoms with Crippen LogP contribution < -0.4 is 0 Å². The van der Waals surface area contributed by atoms with E-state index in [1.54, 1.807) is 6.92 Å². The van der Waals surface area contributed by atoms with Gasteiger partial charge in [-0.25, -0.2) is 4.79 Å². The minimum absolute atomic E-state index is 0.338. The molecule has 3 heteroatoms. The fraction of sp³-hybridized carbons (Fsp3) is 0.211. The van der Waals surface area contributed by atoms with Gasteiger partial charge >= 0.3 is 5.97 Å². The smallest absolute Gasteiger partial charge is 0.342 e. The Kier molecular flexibility index (Phi) is 3.72. The Balaban J connectivity index is 2.31. The van der Waals surface area contributed by atoms with Crippen molar-refractivity contribution in [2.45, 2.75) is 20.8 Å². The molecule has 0 fully saturated rings. The van der Waals surface area contributed by atoms with Gasteiger partial charge in [-0.3, -0.25) is 0 Å². The molecule has 2 aromatic carbocycles. The number of ether oxygens (including phenoxy) is 1. The van der Waals surface area contributed by atoms with Crippen LogP contribution in [-0.4, -0.2) is 12.6 Å². The van der Waals surface area contributed by atoms with Crippen molar-refractivity contribution < 1.29 is 13.9 Å². The van der Waals surface area contributed by atoms with Crippen LogP contribution in [0.5, 0.6) is 0 Å². The van der Waals surface area contributed by atoms with Crippen molar-refractivity contribution in [1.29, 1.82) is 0 Å². The van der Waals surface area contributed by atoms with Crippen LogP contribution in [0.25, 0.3) is 22.3 Å². The van der Waals surface area contributed by atoms with Crippen molar-refractivity contribution in [2.75, 3.05) is 6.61 Å². The first kappa shape index (κ1) is 14.4. The molecule has 0 saturated carbocycles. The van der Waals surface area contributed by atoms with Gasteiger partial charge in [-0.2, -0.15) is 0 Å². The molecule has 0 unspecified atom stereocenters. The summed E-state index contributed by atoms with van der Waals surface area (Å²) in [5.41, 5.74) is 4.28. The number of aryl methyl sites for hydroxylation is 2. The Hall–Kier alpha value is -2.55. The molecule has 0 N–H and O–H groups in total. The first-order valence-electron chi connectivity index (χ1n) is 7.38. The van der Waals surface area contributed by atoms with Crippen LogP contribution in [0.1, 0.15) is 28.4 Å². The number of benzene rings is 2. The molecule has 0 saturated heterocycles. The molecule has 0 spiro atoms. The van der Waals surface area contributed by atoms with Gasteiger partial charge in [0.05, 0.1) is 6.61 Å². The van der Waals surface area contributed by atoms with Gasteiger partial charge in [0.25, 0.3) is 0 Å². The predicted octanol–water partition coefficient (Wildman–Crippen LogP) is 4.89. The van der Waals surface area contributed by atoms with Crippen LogP contribution in [0.2, 0.25) is 0 Å². The summed E-state index contributed by atoms with van der Waals surface area (Å²) in [5.74, 6) is 0.237. The lowest BCUT2D eigenvalue weighted by molar-refractivity contribution is 0.0529. The number of fused-ring (bicyclic) bond motifs is 1. The molecular formula is C19H18O3. The predicted molar refractivity (Wildman–Crippen MR) is 87.1 cm³/mol. The van der Waals surface area contributed by atoms with E-state index < -0.39 is 0 Å². The van der Waals surface area contributed by atoms with Crippen molar-refractivity contribution in [3.8, 4) is 11.3 Å². The first-order chi connectivity index (χ1) is 10.6. The van der Waals surface area contributed by atoms with Crippen molar-refractivity contribution in [1.82, 2.24) is 0 Å². The monoisotopic (exact) mass is 294 g/mol. The second kappa shape index (κ2) is 5.68. The fourth-order valence-electron chi connectivity index (χ4n) is 2.63. The largest absolute Gasteiger partial charge is 0.462 e. The van der Waals surface area contributed by atoms with Crippen LogP contribution in [0, 0.1) is 13.8 Å². The third-order valence-corrected chi connectivity index (χ3v) is 3.71. The normalized spacial score (nSPS) is 10.9. The SMILES string of the molecule is CCOC(=O)c1c(-c2ccccc2C)oc2cc(C)ccc12. The third kappa shape index (κ3) is 2.39. The molecule has 3 nitrogen and oxygen atoms in total. The number of rotatable bonds is 3. The molecule has 1 heterocycles. The Bertz CT molecular complexity index is 843. The highest BCUT2D eigenvalue weighted by Crippen LogP contribution is 2.36. The van der Waals surface area contributed by atoms with E-state index in [1.807, 2.05) is 56.3 Å². The maximum atomic E-state index is 12.4. The molecular weight excluding hydrogens is 276 g/mol. The molecule has 0 aliphatic rings. The van der Waals surface area contributed by atoms with Gasteiger partial charge < -0.3 is 9.15 Å². The highest BCUT2D eigenvalue weighted by atomic mass is 16.5. The fourth-order valence-corrected chi connectivity index (χ4v) is 2.63. The Morgan fingerprint density at radius 1 is 1.14 bits per heavy atom. The molecule has 3 aromatic rings. The summed E-state index contributed by atoms with van der Waals surface area (Å²) in [7, 11) is 0. The summed E-state index contributed by atoms with van der Waals surface area (Å²) < 4.78 is 11.2. The Labute approximate surface area is 129 Å². The first-order valence-corrected chi connectivity index (χ1v) is 7.38. The van der Waals surface area contributed by atoms with Crippen LogP contribution in [0.3, 0.4) is 0 Å². The van der Waals surface area contributed by atoms with Crippen molar-refractivity contribution >= 4 is 16.9 Å². The van der Waals surface area contributed by atoms with E-state index in [-0.39, 0.29) is 5.97 Å². The molecule has 112 valence electrons. The number of furan rings is 1. The maximum Gasteiger partial charge on any atom is 0.342 e. The lowest BCUT2D eigenvalue weighted by atomic mass is 10.0. The second-order valence-corrected chi connectivity index (χ2v) is 5.34. The Morgan fingerprint density at radius 2 is 1.91 bits per heavy atom. The summed E-state index contributed by atoms with van der Waals surface area (Å²) in [6.45, 7) is 6.14. The summed E-state index contributed by atoms with van der Waals surface area (Å²) in [5, 5.41) is 0.794. The lowest BCUT2D eigenvalue weighted by Crippen LogP contribution is -2.05. The maximum absolute atomic E-state index is 12.4. The van der Waals surface area contributed by atoms with Crippen molar-refractivity contribution in [3.05, 3.63) is 59.2 Å². The zero-order chi connectivity index (χ0) is 15.7. The molecule has 3 rings (SSSR count). The van der Waals surface area contributed by atoms with Crippen LogP contribution >= 0.6 is 0 Å². The third-order valence-electron chi connectivity index (χ3n) is 3.71. The second-order valence-electron chi connectivity index (χ2n) is 5.34. The summed E-state index contributed by atoms with van der Waals surface area (Å²) >= 11 is 0. The number of carbonyl (C=O) groups excluding carboxylic acids is 1. The molecule has 0 aliphatic carbocycles. The van der Waals surface area contributed by atoms with E-state index in [0.29, 0.717) is 23.5 Å². The van der Waals surface area contributed by atoms with E-state index in [4.69, 9.17) is 9.15 Å². The van der Waals surface area contributed by atoms with Gasteiger partial charge in [0.1, 0.15) is 16.9 Å². The standard InChI is InChI=1S/C19H18O3/c1-4-21-19(20)17-15-10-9-12(2)11-16(15)22-18(17)14-8-6-5-7-13(14)3/h5-11H,4H2,1-3H3. The zero-order valence-corrected chi connectivity index (χ0v) is 13.0. The van der Waals surface area contributed by atoms with Crippen LogP contribution in [-0.2, 0) is 4.74 Å². The van der Waals surface area contributed by atoms with Crippen LogP contribution in [0.15, 0.2) is 46.9 Å². The lowest BCUT2D eigenvalue weighted by Gasteiger charge is -2.05. The minimum Gasteiger partial charge on any atom is -0.462 e. The van der Waals surface area contributed by atoms with Gasteiger partial charge in [0.2, 0.25) is 0 Å². The van der Waals surface area contributed by atoms with Crippen LogP contribution in [0.4, 0.5) is 0 Å². The van der Waals surface area contributed by atoms with E-state index >= 15 is 0 Å². The van der Waals surface area contributed by atoms with Crippen molar-refractivity contribution in [2.24, 2.45) is 0 Å². The van der Waals surface area contributed by atoms with Crippen molar-refractivity contribution in [3.63, 3.8) is 0 Å². The average Bonchev–Trinajstić information content (AvgIpc) is 2.86.